The lowest BCUT2D eigenvalue weighted by molar-refractivity contribution is -0.221. The van der Waals surface area contributed by atoms with Gasteiger partial charge in [-0.15, -0.1) is 0 Å². The number of anilines is 1. The molecule has 26 nitrogen and oxygen atoms in total. The van der Waals surface area contributed by atoms with Crippen LogP contribution in [0.5, 0.6) is 5.75 Å². The fourth-order valence-electron chi connectivity index (χ4n) is 12.4. The average molecular weight is 1480 g/mol. The molecule has 5 heterocycles. The summed E-state index contributed by atoms with van der Waals surface area (Å²) in [6.07, 6.45) is -12.9. The minimum atomic E-state index is -5.52. The van der Waals surface area contributed by atoms with Crippen molar-refractivity contribution in [3.63, 3.8) is 0 Å². The molecule has 103 heavy (non-hydrogen) atoms. The Morgan fingerprint density at radius 3 is 1.82 bits per heavy atom. The molecule has 6 atom stereocenters. The van der Waals surface area contributed by atoms with Crippen molar-refractivity contribution < 1.29 is 116 Å². The summed E-state index contributed by atoms with van der Waals surface area (Å²) in [5, 5.41) is 20.0. The van der Waals surface area contributed by atoms with Crippen LogP contribution in [-0.4, -0.2) is 182 Å². The number of aromatic nitrogens is 4. The van der Waals surface area contributed by atoms with E-state index >= 15 is 39.9 Å². The van der Waals surface area contributed by atoms with E-state index in [9.17, 15) is 52.2 Å². The molecule has 3 aliphatic rings. The number of carbonyl (C=O) groups excluding carboxylic acids is 5. The number of nitrogens with zero attached hydrogens (tertiary/aromatic N) is 7. The fraction of sp³-hybridized carbons (Fsp3) is 0.500. The lowest BCUT2D eigenvalue weighted by Crippen LogP contribution is -2.64. The number of carboxylic acids is 1. The first-order chi connectivity index (χ1) is 48.0. The molecule has 3 fully saturated rings. The Morgan fingerprint density at radius 2 is 1.32 bits per heavy atom. The molecule has 2 bridgehead atoms. The molecule has 4 amide bonds. The number of hydrogen-bond acceptors (Lipinski definition) is 18. The number of carbonyl (C=O) groups is 6. The first-order valence-corrected chi connectivity index (χ1v) is 33.3. The molecule has 37 heteroatoms. The maximum absolute atomic E-state index is 16.8. The van der Waals surface area contributed by atoms with Crippen molar-refractivity contribution in [3.8, 4) is 28.8 Å². The zero-order chi connectivity index (χ0) is 76.1. The van der Waals surface area contributed by atoms with Gasteiger partial charge in [0.2, 0.25) is 11.9 Å². The quantitative estimate of drug-likeness (QED) is 0.00648. The van der Waals surface area contributed by atoms with Gasteiger partial charge in [0.1, 0.15) is 35.6 Å². The van der Waals surface area contributed by atoms with Crippen LogP contribution in [-0.2, 0) is 67.5 Å². The van der Waals surface area contributed by atoms with E-state index in [1.54, 1.807) is 5.32 Å². The monoisotopic (exact) mass is 1480 g/mol. The fourth-order valence-corrected chi connectivity index (χ4v) is 12.8. The molecule has 0 saturated carbocycles. The topological polar surface area (TPSA) is 328 Å². The molecule has 7 N–H and O–H groups in total. The Labute approximate surface area is 583 Å². The molecule has 2 aromatic heterocycles. The van der Waals surface area contributed by atoms with E-state index in [4.69, 9.17) is 14.0 Å². The Kier molecular flexibility index (Phi) is 24.6. The number of carboxylic acid groups (broad SMARTS) is 1. The van der Waals surface area contributed by atoms with E-state index in [1.807, 2.05) is 5.32 Å². The summed E-state index contributed by atoms with van der Waals surface area (Å²) in [6.45, 7) is 2.80. The van der Waals surface area contributed by atoms with Crippen LogP contribution in [0.4, 0.5) is 59.4 Å². The second-order valence-electron chi connectivity index (χ2n) is 26.8. The largest absolute Gasteiger partial charge is 0.524 e. The molecular weight excluding hydrogens is 1410 g/mol. The van der Waals surface area contributed by atoms with Gasteiger partial charge in [-0.25, -0.2) is 42.6 Å². The summed E-state index contributed by atoms with van der Waals surface area (Å²) >= 11 is 0. The number of piperazine rings is 1. The number of amides is 4. The molecule has 3 saturated heterocycles. The van der Waals surface area contributed by atoms with Gasteiger partial charge in [-0.3, -0.25) is 39.3 Å². The molecular formula is C66H76F10N11O15P. The van der Waals surface area contributed by atoms with Crippen LogP contribution in [0.15, 0.2) is 73.2 Å². The van der Waals surface area contributed by atoms with E-state index in [1.165, 1.54) is 63.5 Å². The highest BCUT2D eigenvalue weighted by molar-refractivity contribution is 7.46. The number of nitrogens with one attached hydrogen (secondary N) is 4. The number of aliphatic carboxylic acids is 1. The summed E-state index contributed by atoms with van der Waals surface area (Å²) in [5.41, 5.74) is -7.78. The van der Waals surface area contributed by atoms with Crippen LogP contribution in [0.3, 0.4) is 0 Å². The van der Waals surface area contributed by atoms with Crippen molar-refractivity contribution in [3.05, 3.63) is 124 Å². The molecule has 3 aromatic carbocycles. The predicted octanol–water partition coefficient (Wildman–Crippen LogP) is 8.34. The summed E-state index contributed by atoms with van der Waals surface area (Å²) < 4.78 is 190. The van der Waals surface area contributed by atoms with E-state index in [0.717, 1.165) is 45.4 Å². The molecule has 2 unspecified atom stereocenters. The normalized spacial score (nSPS) is 17.3. The van der Waals surface area contributed by atoms with Crippen molar-refractivity contribution in [2.24, 2.45) is 10.8 Å². The molecule has 560 valence electrons. The van der Waals surface area contributed by atoms with E-state index in [0.29, 0.717) is 106 Å². The van der Waals surface area contributed by atoms with Crippen molar-refractivity contribution in [2.75, 3.05) is 52.0 Å². The standard InChI is InChI=1S/C66H76F10N11O15P/c1-35-20-40(25-51(88)89)53(49(21-35)102-103(95,96)97)62(2,3)26-52(90)101-50(32-85(83-57(92)55(81-61(94)99-9)64(6,7)66(74,75)76)31-44-45(67)23-39(24-46(44)68)47-18-19-86(82-47)58(69)70)48(79-56(91)54(80-60(93)98-8)63(4,5)65(71,72)73)22-37-13-10-36(11-14-37)12-15-38-27-77-59(78-28-38)84-29-41-16-17-42(30-84)87(41)43-33-100-34-43/h10-11,13-14,18-21,23-24,27-28,41-43,48,50,54-55,58H,16-17,22,25-26,29-34H2,1-9H3,(H,79,91)(H,80,93)(H,81,94)(H,83,92)(H,88,89)(H2,95,96,97)/t41?,42?,48-,50-,54+,55+/m0/s1. The second kappa shape index (κ2) is 31.8. The van der Waals surface area contributed by atoms with Gasteiger partial charge in [-0.2, -0.15) is 40.2 Å². The van der Waals surface area contributed by atoms with Gasteiger partial charge in [-0.1, -0.05) is 43.9 Å². The summed E-state index contributed by atoms with van der Waals surface area (Å²) in [7, 11) is -4.03. The number of phosphoric acid groups is 1. The third-order valence-corrected chi connectivity index (χ3v) is 18.5. The van der Waals surface area contributed by atoms with Crippen LogP contribution < -0.4 is 30.8 Å². The van der Waals surface area contributed by atoms with Crippen molar-refractivity contribution in [1.29, 1.82) is 0 Å². The predicted molar refractivity (Wildman–Crippen MR) is 344 cm³/mol. The van der Waals surface area contributed by atoms with E-state index in [2.05, 4.69) is 56.9 Å². The van der Waals surface area contributed by atoms with Crippen molar-refractivity contribution >= 4 is 49.7 Å². The van der Waals surface area contributed by atoms with Gasteiger partial charge in [0.25, 0.3) is 5.91 Å². The molecule has 5 aromatic rings. The van der Waals surface area contributed by atoms with Gasteiger partial charge in [0.05, 0.1) is 81.0 Å². The SMILES string of the molecule is COC(=O)N[C@H](C(=O)N[C@@H](Cc1ccc(C#Cc2cnc(N3CC4CCC(C3)N4C3COC3)nc2)cc1)[C@H](CN(Cc1c(F)cc(-c2ccn(C(F)F)n2)cc1F)NC(=O)[C@@H](NC(=O)OC)C(C)(C)C(F)(F)F)OC(=O)CC(C)(C)c1c(CC(=O)O)cc(C)cc1OP(=O)(O)O)C(C)(C)C(F)(F)F. The average Bonchev–Trinajstić information content (AvgIpc) is 1.72. The number of alkyl carbamates (subject to hydrolysis) is 2. The van der Waals surface area contributed by atoms with Crippen LogP contribution in [0.2, 0.25) is 0 Å². The number of alkyl halides is 8. The number of phosphoric ester groups is 1. The number of aryl methyl sites for hydroxylation is 1. The number of rotatable bonds is 27. The van der Waals surface area contributed by atoms with Crippen molar-refractivity contribution in [2.45, 2.75) is 154 Å². The van der Waals surface area contributed by atoms with E-state index < -0.39 is 170 Å². The number of benzene rings is 3. The number of hydrogen-bond donors (Lipinski definition) is 7. The zero-order valence-electron chi connectivity index (χ0n) is 56.9. The minimum Gasteiger partial charge on any atom is -0.481 e. The van der Waals surface area contributed by atoms with Crippen LogP contribution in [0, 0.1) is 41.2 Å². The number of hydrazine groups is 1. The maximum atomic E-state index is 16.8. The number of methoxy groups -OCH3 is 2. The molecule has 0 spiro atoms. The number of esters is 1. The smallest absolute Gasteiger partial charge is 0.481 e. The van der Waals surface area contributed by atoms with Gasteiger partial charge in [-0.05, 0) is 107 Å². The van der Waals surface area contributed by atoms with Gasteiger partial charge in [0, 0.05) is 78.0 Å². The maximum Gasteiger partial charge on any atom is 0.524 e. The summed E-state index contributed by atoms with van der Waals surface area (Å²) in [4.78, 5) is 117. The van der Waals surface area contributed by atoms with Crippen LogP contribution in [0.25, 0.3) is 11.3 Å². The lowest BCUT2D eigenvalue weighted by Gasteiger charge is -2.47. The van der Waals surface area contributed by atoms with Gasteiger partial charge < -0.3 is 49.4 Å². The Hall–Kier alpha value is -9.14. The Bertz CT molecular complexity index is 4010. The highest BCUT2D eigenvalue weighted by Crippen LogP contribution is 2.47. The number of ether oxygens (including phenoxy) is 4. The first-order valence-electron chi connectivity index (χ1n) is 31.8. The lowest BCUT2D eigenvalue weighted by atomic mass is 9.77. The zero-order valence-corrected chi connectivity index (χ0v) is 57.8. The molecule has 8 rings (SSSR count). The van der Waals surface area contributed by atoms with Gasteiger partial charge >= 0.3 is 50.8 Å². The minimum absolute atomic E-state index is 0.0976. The third-order valence-electron chi connectivity index (χ3n) is 18.1. The molecule has 3 aliphatic heterocycles. The highest BCUT2D eigenvalue weighted by atomic mass is 31.2. The molecule has 0 radical (unpaired) electrons. The Morgan fingerprint density at radius 1 is 0.767 bits per heavy atom. The number of halogens is 10. The Balaban J connectivity index is 1.26. The summed E-state index contributed by atoms with van der Waals surface area (Å²) in [6, 6.07) is 3.72. The number of fused-ring (bicyclic) bond motifs is 2. The summed E-state index contributed by atoms with van der Waals surface area (Å²) in [5.74, 6) is -3.81. The highest BCUT2D eigenvalue weighted by Gasteiger charge is 2.58. The second-order valence-corrected chi connectivity index (χ2v) is 28.0. The van der Waals surface area contributed by atoms with Gasteiger partial charge in [0.15, 0.2) is 0 Å². The molecule has 0 aliphatic carbocycles. The van der Waals surface area contributed by atoms with Crippen LogP contribution >= 0.6 is 7.82 Å². The first kappa shape index (κ1) is 79.6. The van der Waals surface area contributed by atoms with Crippen LogP contribution in [0.1, 0.15) is 106 Å². The third kappa shape index (κ3) is 19.6. The van der Waals surface area contributed by atoms with E-state index in [-0.39, 0.29) is 26.9 Å². The van der Waals surface area contributed by atoms with Crippen molar-refractivity contribution in [1.82, 2.24) is 51.0 Å².